The van der Waals surface area contributed by atoms with Gasteiger partial charge in [-0.05, 0) is 12.3 Å². The number of aromatic nitrogens is 2. The van der Waals surface area contributed by atoms with Gasteiger partial charge < -0.3 is 5.11 Å². The van der Waals surface area contributed by atoms with Crippen LogP contribution in [0.2, 0.25) is 0 Å². The van der Waals surface area contributed by atoms with Gasteiger partial charge in [0.25, 0.3) is 0 Å². The van der Waals surface area contributed by atoms with E-state index in [0.717, 1.165) is 6.42 Å². The number of hydrogen-bond acceptors (Lipinski definition) is 4. The van der Waals surface area contributed by atoms with Crippen molar-refractivity contribution in [2.75, 3.05) is 19.7 Å². The largest absolute Gasteiger partial charge is 0.396 e. The maximum absolute atomic E-state index is 12.1. The van der Waals surface area contributed by atoms with Gasteiger partial charge in [0.2, 0.25) is 10.0 Å². The summed E-state index contributed by atoms with van der Waals surface area (Å²) in [7, 11) is -1.74. The second kappa shape index (κ2) is 4.15. The molecule has 0 radical (unpaired) electrons. The Balaban J connectivity index is 2.21. The minimum absolute atomic E-state index is 0.0407. The van der Waals surface area contributed by atoms with E-state index in [9.17, 15) is 8.42 Å². The van der Waals surface area contributed by atoms with E-state index in [4.69, 9.17) is 5.11 Å². The molecule has 1 unspecified atom stereocenters. The molecule has 16 heavy (non-hydrogen) atoms. The molecule has 2 heterocycles. The topological polar surface area (TPSA) is 75.4 Å². The van der Waals surface area contributed by atoms with Crippen LogP contribution >= 0.6 is 0 Å². The number of aliphatic hydroxyl groups excluding tert-OH is 1. The molecule has 1 atom stereocenters. The minimum atomic E-state index is -3.42. The van der Waals surface area contributed by atoms with E-state index < -0.39 is 10.0 Å². The Bertz CT molecular complexity index is 468. The summed E-state index contributed by atoms with van der Waals surface area (Å²) in [6.45, 7) is 0.912. The van der Waals surface area contributed by atoms with E-state index in [-0.39, 0.29) is 17.4 Å². The van der Waals surface area contributed by atoms with Crippen molar-refractivity contribution in [3.63, 3.8) is 0 Å². The van der Waals surface area contributed by atoms with Crippen molar-refractivity contribution in [3.8, 4) is 0 Å². The lowest BCUT2D eigenvalue weighted by molar-refractivity contribution is 0.233. The van der Waals surface area contributed by atoms with Crippen molar-refractivity contribution >= 4 is 10.0 Å². The third-order valence-corrected chi connectivity index (χ3v) is 4.64. The van der Waals surface area contributed by atoms with Gasteiger partial charge in [0.15, 0.2) is 0 Å². The fourth-order valence-corrected chi connectivity index (χ4v) is 3.36. The van der Waals surface area contributed by atoms with Crippen LogP contribution in [0.5, 0.6) is 0 Å². The van der Waals surface area contributed by atoms with Crippen molar-refractivity contribution in [3.05, 3.63) is 12.4 Å². The summed E-state index contributed by atoms with van der Waals surface area (Å²) in [5, 5.41) is 12.8. The monoisotopic (exact) mass is 245 g/mol. The van der Waals surface area contributed by atoms with Crippen LogP contribution in [0, 0.1) is 5.92 Å². The molecule has 6 nitrogen and oxygen atoms in total. The Labute approximate surface area is 94.5 Å². The number of aryl methyl sites for hydroxylation is 1. The highest BCUT2D eigenvalue weighted by Crippen LogP contribution is 2.23. The molecule has 0 aromatic carbocycles. The number of aliphatic hydroxyl groups is 1. The van der Waals surface area contributed by atoms with E-state index in [1.165, 1.54) is 21.4 Å². The average Bonchev–Trinajstić information content (AvgIpc) is 2.85. The van der Waals surface area contributed by atoms with Crippen molar-refractivity contribution in [1.82, 2.24) is 14.1 Å². The first kappa shape index (κ1) is 11.6. The summed E-state index contributed by atoms with van der Waals surface area (Å²) >= 11 is 0. The average molecular weight is 245 g/mol. The molecule has 2 rings (SSSR count). The predicted molar refractivity (Wildman–Crippen MR) is 57.2 cm³/mol. The first-order chi connectivity index (χ1) is 7.54. The Kier molecular flexibility index (Phi) is 3.00. The van der Waals surface area contributed by atoms with Gasteiger partial charge in [-0.1, -0.05) is 0 Å². The molecule has 0 spiro atoms. The van der Waals surface area contributed by atoms with E-state index in [1.807, 2.05) is 0 Å². The number of rotatable bonds is 3. The first-order valence-electron chi connectivity index (χ1n) is 5.13. The molecule has 0 bridgehead atoms. The van der Waals surface area contributed by atoms with Gasteiger partial charge in [0, 0.05) is 32.9 Å². The van der Waals surface area contributed by atoms with Gasteiger partial charge >= 0.3 is 0 Å². The maximum Gasteiger partial charge on any atom is 0.246 e. The maximum atomic E-state index is 12.1. The van der Waals surface area contributed by atoms with Crippen LogP contribution < -0.4 is 0 Å². The van der Waals surface area contributed by atoms with Crippen molar-refractivity contribution in [2.24, 2.45) is 13.0 Å². The number of hydrogen-bond donors (Lipinski definition) is 1. The van der Waals surface area contributed by atoms with Crippen LogP contribution in [0.3, 0.4) is 0 Å². The number of nitrogens with zero attached hydrogens (tertiary/aromatic N) is 3. The minimum Gasteiger partial charge on any atom is -0.396 e. The molecule has 0 amide bonds. The standard InChI is InChI=1S/C9H15N3O3S/c1-11-6-9(4-10-11)16(14,15)12-3-2-8(5-12)7-13/h4,6,8,13H,2-3,5,7H2,1H3. The molecule has 1 aliphatic heterocycles. The van der Waals surface area contributed by atoms with Crippen LogP contribution in [0.4, 0.5) is 0 Å². The lowest BCUT2D eigenvalue weighted by Gasteiger charge is -2.14. The highest BCUT2D eigenvalue weighted by molar-refractivity contribution is 7.89. The van der Waals surface area contributed by atoms with Gasteiger partial charge in [-0.2, -0.15) is 9.40 Å². The Morgan fingerprint density at radius 1 is 1.62 bits per heavy atom. The summed E-state index contributed by atoms with van der Waals surface area (Å²) in [6, 6.07) is 0. The van der Waals surface area contributed by atoms with Gasteiger partial charge in [0.05, 0.1) is 6.20 Å². The highest BCUT2D eigenvalue weighted by Gasteiger charge is 2.32. The summed E-state index contributed by atoms with van der Waals surface area (Å²) < 4.78 is 27.1. The van der Waals surface area contributed by atoms with Crippen molar-refractivity contribution in [1.29, 1.82) is 0 Å². The molecule has 1 aromatic rings. The smallest absolute Gasteiger partial charge is 0.246 e. The number of sulfonamides is 1. The zero-order chi connectivity index (χ0) is 11.8. The molecule has 0 saturated carbocycles. The Morgan fingerprint density at radius 2 is 2.38 bits per heavy atom. The van der Waals surface area contributed by atoms with Gasteiger partial charge in [-0.25, -0.2) is 8.42 Å². The fraction of sp³-hybridized carbons (Fsp3) is 0.667. The fourth-order valence-electron chi connectivity index (χ4n) is 1.85. The quantitative estimate of drug-likeness (QED) is 0.773. The van der Waals surface area contributed by atoms with E-state index in [0.29, 0.717) is 13.1 Å². The molecule has 0 aliphatic carbocycles. The lowest BCUT2D eigenvalue weighted by atomic mass is 10.1. The van der Waals surface area contributed by atoms with Crippen molar-refractivity contribution in [2.45, 2.75) is 11.3 Å². The summed E-state index contributed by atoms with van der Waals surface area (Å²) in [5.41, 5.74) is 0. The molecular formula is C9H15N3O3S. The van der Waals surface area contributed by atoms with Crippen LogP contribution in [-0.2, 0) is 17.1 Å². The summed E-state index contributed by atoms with van der Waals surface area (Å²) in [5.74, 6) is 0.0615. The molecule has 1 fully saturated rings. The molecule has 1 aromatic heterocycles. The van der Waals surface area contributed by atoms with Gasteiger partial charge in [0.1, 0.15) is 4.90 Å². The van der Waals surface area contributed by atoms with Gasteiger partial charge in [-0.15, -0.1) is 0 Å². The normalized spacial score (nSPS) is 22.8. The molecule has 1 N–H and O–H groups in total. The van der Waals surface area contributed by atoms with Crippen LogP contribution in [0.25, 0.3) is 0 Å². The molecule has 1 aliphatic rings. The highest BCUT2D eigenvalue weighted by atomic mass is 32.2. The molecular weight excluding hydrogens is 230 g/mol. The predicted octanol–water partition coefficient (Wildman–Crippen LogP) is -0.577. The third kappa shape index (κ3) is 1.98. The molecule has 90 valence electrons. The Hall–Kier alpha value is -0.920. The second-order valence-electron chi connectivity index (χ2n) is 4.05. The zero-order valence-electron chi connectivity index (χ0n) is 9.07. The van der Waals surface area contributed by atoms with Crippen molar-refractivity contribution < 1.29 is 13.5 Å². The molecule has 1 saturated heterocycles. The molecule has 7 heteroatoms. The second-order valence-corrected chi connectivity index (χ2v) is 5.99. The van der Waals surface area contributed by atoms with Crippen LogP contribution in [0.1, 0.15) is 6.42 Å². The van der Waals surface area contributed by atoms with Gasteiger partial charge in [-0.3, -0.25) is 4.68 Å². The Morgan fingerprint density at radius 3 is 2.88 bits per heavy atom. The zero-order valence-corrected chi connectivity index (χ0v) is 9.89. The first-order valence-corrected chi connectivity index (χ1v) is 6.57. The van der Waals surface area contributed by atoms with Crippen LogP contribution in [-0.4, -0.2) is 47.3 Å². The van der Waals surface area contributed by atoms with E-state index >= 15 is 0 Å². The summed E-state index contributed by atoms with van der Waals surface area (Å²) in [4.78, 5) is 0.216. The van der Waals surface area contributed by atoms with Crippen LogP contribution in [0.15, 0.2) is 17.3 Å². The van der Waals surface area contributed by atoms with E-state index in [1.54, 1.807) is 7.05 Å². The third-order valence-electron chi connectivity index (χ3n) is 2.83. The lowest BCUT2D eigenvalue weighted by Crippen LogP contribution is -2.29. The SMILES string of the molecule is Cn1cc(S(=O)(=O)N2CCC(CO)C2)cn1. The van der Waals surface area contributed by atoms with E-state index in [2.05, 4.69) is 5.10 Å². The summed E-state index contributed by atoms with van der Waals surface area (Å²) in [6.07, 6.45) is 3.55.